The third-order valence-electron chi connectivity index (χ3n) is 3.84. The van der Waals surface area contributed by atoms with Gasteiger partial charge in [0.1, 0.15) is 5.82 Å². The molecule has 0 aromatic heterocycles. The van der Waals surface area contributed by atoms with E-state index in [0.29, 0.717) is 12.1 Å². The van der Waals surface area contributed by atoms with E-state index < -0.39 is 5.54 Å². The standard InChI is InChI=1S/C17H15FN2/c1-12-8-14(18)10-15(9-12)20-17(11-19)7-6-13-4-2-3-5-16(13)17/h2-5,8-10,20H,6-7H2,1H3. The Kier molecular flexibility index (Phi) is 2.94. The smallest absolute Gasteiger partial charge is 0.151 e. The third kappa shape index (κ3) is 2.04. The van der Waals surface area contributed by atoms with E-state index in [1.54, 1.807) is 0 Å². The lowest BCUT2D eigenvalue weighted by Gasteiger charge is -2.25. The highest BCUT2D eigenvalue weighted by Crippen LogP contribution is 2.39. The van der Waals surface area contributed by atoms with Crippen LogP contribution in [0.5, 0.6) is 0 Å². The molecule has 1 unspecified atom stereocenters. The molecule has 0 saturated heterocycles. The number of hydrogen-bond donors (Lipinski definition) is 1. The minimum absolute atomic E-state index is 0.285. The van der Waals surface area contributed by atoms with Gasteiger partial charge in [0, 0.05) is 5.69 Å². The number of halogens is 1. The van der Waals surface area contributed by atoms with Crippen molar-refractivity contribution in [3.05, 3.63) is 65.0 Å². The van der Waals surface area contributed by atoms with Crippen molar-refractivity contribution in [2.24, 2.45) is 0 Å². The second kappa shape index (κ2) is 4.64. The largest absolute Gasteiger partial charge is 0.364 e. The molecule has 0 bridgehead atoms. The number of fused-ring (bicyclic) bond motifs is 1. The van der Waals surface area contributed by atoms with Crippen LogP contribution in [-0.4, -0.2) is 0 Å². The Morgan fingerprint density at radius 2 is 2.05 bits per heavy atom. The maximum atomic E-state index is 13.5. The molecule has 1 N–H and O–H groups in total. The molecule has 0 amide bonds. The summed E-state index contributed by atoms with van der Waals surface area (Å²) in [6.07, 6.45) is 1.57. The second-order valence-corrected chi connectivity index (χ2v) is 5.32. The molecule has 1 aliphatic carbocycles. The summed E-state index contributed by atoms with van der Waals surface area (Å²) in [7, 11) is 0. The van der Waals surface area contributed by atoms with E-state index in [4.69, 9.17) is 0 Å². The van der Waals surface area contributed by atoms with Crippen LogP contribution in [0.4, 0.5) is 10.1 Å². The summed E-state index contributed by atoms with van der Waals surface area (Å²) in [6.45, 7) is 1.84. The summed E-state index contributed by atoms with van der Waals surface area (Å²) in [6, 6.07) is 15.1. The molecular formula is C17H15FN2. The molecular weight excluding hydrogens is 251 g/mol. The van der Waals surface area contributed by atoms with Crippen molar-refractivity contribution in [2.75, 3.05) is 5.32 Å². The number of nitrogens with zero attached hydrogens (tertiary/aromatic N) is 1. The first-order chi connectivity index (χ1) is 9.63. The Balaban J connectivity index is 2.02. The molecule has 0 spiro atoms. The van der Waals surface area contributed by atoms with Gasteiger partial charge in [-0.2, -0.15) is 5.26 Å². The Labute approximate surface area is 117 Å². The van der Waals surface area contributed by atoms with E-state index in [1.165, 1.54) is 17.7 Å². The maximum Gasteiger partial charge on any atom is 0.151 e. The molecule has 2 aromatic carbocycles. The Morgan fingerprint density at radius 1 is 1.25 bits per heavy atom. The molecule has 20 heavy (non-hydrogen) atoms. The zero-order valence-corrected chi connectivity index (χ0v) is 11.3. The van der Waals surface area contributed by atoms with Gasteiger partial charge in [-0.1, -0.05) is 24.3 Å². The fourth-order valence-corrected chi connectivity index (χ4v) is 2.94. The number of rotatable bonds is 2. The van der Waals surface area contributed by atoms with E-state index in [9.17, 15) is 9.65 Å². The summed E-state index contributed by atoms with van der Waals surface area (Å²) in [5.41, 5.74) is 2.93. The van der Waals surface area contributed by atoms with Gasteiger partial charge in [0.15, 0.2) is 5.54 Å². The van der Waals surface area contributed by atoms with Gasteiger partial charge in [-0.15, -0.1) is 0 Å². The molecule has 0 aliphatic heterocycles. The lowest BCUT2D eigenvalue weighted by molar-refractivity contribution is 0.611. The van der Waals surface area contributed by atoms with E-state index >= 15 is 0 Å². The predicted octanol–water partition coefficient (Wildman–Crippen LogP) is 3.91. The zero-order valence-electron chi connectivity index (χ0n) is 11.3. The fourth-order valence-electron chi connectivity index (χ4n) is 2.94. The van der Waals surface area contributed by atoms with Gasteiger partial charge in [-0.25, -0.2) is 4.39 Å². The molecule has 100 valence electrons. The minimum atomic E-state index is -0.753. The van der Waals surface area contributed by atoms with Crippen molar-refractivity contribution in [3.8, 4) is 6.07 Å². The highest BCUT2D eigenvalue weighted by Gasteiger charge is 2.38. The van der Waals surface area contributed by atoms with Gasteiger partial charge < -0.3 is 5.32 Å². The summed E-state index contributed by atoms with van der Waals surface area (Å²) >= 11 is 0. The van der Waals surface area contributed by atoms with E-state index in [1.807, 2.05) is 37.3 Å². The SMILES string of the molecule is Cc1cc(F)cc(NC2(C#N)CCc3ccccc32)c1. The number of hydrogen-bond acceptors (Lipinski definition) is 2. The monoisotopic (exact) mass is 266 g/mol. The van der Waals surface area contributed by atoms with E-state index in [2.05, 4.69) is 11.4 Å². The van der Waals surface area contributed by atoms with Gasteiger partial charge in [-0.05, 0) is 54.7 Å². The van der Waals surface area contributed by atoms with Crippen molar-refractivity contribution >= 4 is 5.69 Å². The van der Waals surface area contributed by atoms with Crippen LogP contribution in [0.2, 0.25) is 0 Å². The molecule has 0 radical (unpaired) electrons. The Bertz CT molecular complexity index is 682. The van der Waals surface area contributed by atoms with Crippen LogP contribution in [0.3, 0.4) is 0 Å². The lowest BCUT2D eigenvalue weighted by Crippen LogP contribution is -2.31. The third-order valence-corrected chi connectivity index (χ3v) is 3.84. The van der Waals surface area contributed by atoms with Crippen LogP contribution >= 0.6 is 0 Å². The number of anilines is 1. The maximum absolute atomic E-state index is 13.5. The average molecular weight is 266 g/mol. The van der Waals surface area contributed by atoms with Crippen LogP contribution in [0.15, 0.2) is 42.5 Å². The van der Waals surface area contributed by atoms with Crippen LogP contribution < -0.4 is 5.32 Å². The molecule has 0 heterocycles. The number of aryl methyl sites for hydroxylation is 2. The van der Waals surface area contributed by atoms with Gasteiger partial charge >= 0.3 is 0 Å². The summed E-state index contributed by atoms with van der Waals surface area (Å²) in [4.78, 5) is 0. The van der Waals surface area contributed by atoms with Gasteiger partial charge in [0.25, 0.3) is 0 Å². The summed E-state index contributed by atoms with van der Waals surface area (Å²) in [5.74, 6) is -0.285. The van der Waals surface area contributed by atoms with Crippen molar-refractivity contribution in [3.63, 3.8) is 0 Å². The molecule has 3 rings (SSSR count). The fraction of sp³-hybridized carbons (Fsp3) is 0.235. The second-order valence-electron chi connectivity index (χ2n) is 5.32. The van der Waals surface area contributed by atoms with Gasteiger partial charge in [0.2, 0.25) is 0 Å². The first-order valence-electron chi connectivity index (χ1n) is 6.68. The van der Waals surface area contributed by atoms with Crippen LogP contribution in [0, 0.1) is 24.1 Å². The Morgan fingerprint density at radius 3 is 2.80 bits per heavy atom. The van der Waals surface area contributed by atoms with Crippen LogP contribution in [0.1, 0.15) is 23.1 Å². The van der Waals surface area contributed by atoms with Crippen molar-refractivity contribution in [1.82, 2.24) is 0 Å². The number of nitriles is 1. The normalized spacial score (nSPS) is 20.2. The quantitative estimate of drug-likeness (QED) is 0.894. The van der Waals surface area contributed by atoms with Gasteiger partial charge in [-0.3, -0.25) is 0 Å². The van der Waals surface area contributed by atoms with Crippen molar-refractivity contribution in [2.45, 2.75) is 25.3 Å². The molecule has 2 aromatic rings. The van der Waals surface area contributed by atoms with E-state index in [0.717, 1.165) is 17.5 Å². The van der Waals surface area contributed by atoms with Crippen molar-refractivity contribution in [1.29, 1.82) is 5.26 Å². The lowest BCUT2D eigenvalue weighted by atomic mass is 9.93. The van der Waals surface area contributed by atoms with Gasteiger partial charge in [0.05, 0.1) is 6.07 Å². The average Bonchev–Trinajstić information content (AvgIpc) is 2.78. The first-order valence-corrected chi connectivity index (χ1v) is 6.68. The molecule has 1 aliphatic rings. The topological polar surface area (TPSA) is 35.8 Å². The first kappa shape index (κ1) is 12.7. The minimum Gasteiger partial charge on any atom is -0.364 e. The highest BCUT2D eigenvalue weighted by atomic mass is 19.1. The van der Waals surface area contributed by atoms with Crippen molar-refractivity contribution < 1.29 is 4.39 Å². The van der Waals surface area contributed by atoms with Crippen LogP contribution in [0.25, 0.3) is 0 Å². The number of benzene rings is 2. The summed E-state index contributed by atoms with van der Waals surface area (Å²) in [5, 5.41) is 12.9. The molecule has 0 saturated carbocycles. The predicted molar refractivity (Wildman–Crippen MR) is 76.8 cm³/mol. The molecule has 0 fully saturated rings. The zero-order chi connectivity index (χ0) is 14.2. The summed E-state index contributed by atoms with van der Waals surface area (Å²) < 4.78 is 13.5. The molecule has 1 atom stereocenters. The molecule has 2 nitrogen and oxygen atoms in total. The highest BCUT2D eigenvalue weighted by molar-refractivity contribution is 5.56. The van der Waals surface area contributed by atoms with Crippen LogP contribution in [-0.2, 0) is 12.0 Å². The molecule has 3 heteroatoms. The number of nitrogens with one attached hydrogen (secondary N) is 1. The van der Waals surface area contributed by atoms with E-state index in [-0.39, 0.29) is 5.82 Å². The Hall–Kier alpha value is -2.34.